The van der Waals surface area contributed by atoms with E-state index in [0.717, 1.165) is 18.5 Å². The smallest absolute Gasteiger partial charge is 0.289 e. The van der Waals surface area contributed by atoms with Crippen molar-refractivity contribution in [3.05, 3.63) is 54.0 Å². The van der Waals surface area contributed by atoms with Gasteiger partial charge in [0, 0.05) is 37.4 Å². The van der Waals surface area contributed by atoms with Gasteiger partial charge in [-0.15, -0.1) is 0 Å². The van der Waals surface area contributed by atoms with Crippen molar-refractivity contribution in [2.24, 2.45) is 11.3 Å². The van der Waals surface area contributed by atoms with Crippen molar-refractivity contribution in [2.75, 3.05) is 31.6 Å². The van der Waals surface area contributed by atoms with E-state index in [1.165, 1.54) is 0 Å². The molecule has 1 aromatic carbocycles. The van der Waals surface area contributed by atoms with Crippen LogP contribution in [0.1, 0.15) is 29.2 Å². The summed E-state index contributed by atoms with van der Waals surface area (Å²) in [6.07, 6.45) is 1.56. The second-order valence-electron chi connectivity index (χ2n) is 7.48. The Morgan fingerprint density at radius 2 is 1.85 bits per heavy atom. The molecule has 1 spiro atoms. The average Bonchev–Trinajstić information content (AvgIpc) is 3.27. The Balaban J connectivity index is 1.56. The van der Waals surface area contributed by atoms with Crippen LogP contribution >= 0.6 is 0 Å². The summed E-state index contributed by atoms with van der Waals surface area (Å²) in [5.74, 6) is 0.593. The van der Waals surface area contributed by atoms with Crippen molar-refractivity contribution >= 4 is 17.5 Å². The highest BCUT2D eigenvalue weighted by atomic mass is 16.5. The van der Waals surface area contributed by atoms with Crippen LogP contribution in [0.15, 0.2) is 46.9 Å². The predicted molar refractivity (Wildman–Crippen MR) is 100 cm³/mol. The Morgan fingerprint density at radius 3 is 2.52 bits per heavy atom. The largest absolute Gasteiger partial charge is 0.456 e. The highest BCUT2D eigenvalue weighted by Crippen LogP contribution is 2.45. The summed E-state index contributed by atoms with van der Waals surface area (Å²) < 4.78 is 11.0. The standard InChI is InChI=1S/C21H24N2O4/c1-15-7-8-18(27-15)20(25)23-13-17(21(14-23)9-11-26-12-10-21)19(24)22-16-5-3-2-4-6-16/h2-8,17H,9-14H2,1H3,(H,22,24)/t17-/m0/s1. The number of carbonyl (C=O) groups is 2. The lowest BCUT2D eigenvalue weighted by Crippen LogP contribution is -2.42. The van der Waals surface area contributed by atoms with Gasteiger partial charge < -0.3 is 19.4 Å². The average molecular weight is 368 g/mol. The van der Waals surface area contributed by atoms with E-state index in [9.17, 15) is 9.59 Å². The van der Waals surface area contributed by atoms with Crippen LogP contribution in [0.3, 0.4) is 0 Å². The number of benzene rings is 1. The number of anilines is 1. The van der Waals surface area contributed by atoms with E-state index in [0.29, 0.717) is 37.8 Å². The van der Waals surface area contributed by atoms with Crippen LogP contribution in [0, 0.1) is 18.3 Å². The minimum atomic E-state index is -0.262. The lowest BCUT2D eigenvalue weighted by molar-refractivity contribution is -0.124. The summed E-state index contributed by atoms with van der Waals surface area (Å²) >= 11 is 0. The molecule has 2 saturated heterocycles. The third kappa shape index (κ3) is 3.49. The summed E-state index contributed by atoms with van der Waals surface area (Å²) in [7, 11) is 0. The van der Waals surface area contributed by atoms with Crippen molar-refractivity contribution in [1.82, 2.24) is 4.90 Å². The first kappa shape index (κ1) is 17.8. The van der Waals surface area contributed by atoms with E-state index in [1.54, 1.807) is 17.0 Å². The lowest BCUT2D eigenvalue weighted by atomic mass is 9.71. The first-order chi connectivity index (χ1) is 13.1. The summed E-state index contributed by atoms with van der Waals surface area (Å²) in [5.41, 5.74) is 0.533. The second-order valence-corrected chi connectivity index (χ2v) is 7.48. The summed E-state index contributed by atoms with van der Waals surface area (Å²) in [6, 6.07) is 12.9. The molecule has 1 atom stereocenters. The Bertz CT molecular complexity index is 824. The van der Waals surface area contributed by atoms with E-state index in [4.69, 9.17) is 9.15 Å². The molecule has 0 saturated carbocycles. The molecule has 0 radical (unpaired) electrons. The quantitative estimate of drug-likeness (QED) is 0.904. The third-order valence-electron chi connectivity index (χ3n) is 5.73. The Kier molecular flexibility index (Phi) is 4.74. The lowest BCUT2D eigenvalue weighted by Gasteiger charge is -2.37. The molecule has 3 heterocycles. The Morgan fingerprint density at radius 1 is 1.11 bits per heavy atom. The fraction of sp³-hybridized carbons (Fsp3) is 0.429. The number of nitrogens with one attached hydrogen (secondary N) is 1. The first-order valence-corrected chi connectivity index (χ1v) is 9.37. The number of hydrogen-bond donors (Lipinski definition) is 1. The summed E-state index contributed by atoms with van der Waals surface area (Å²) in [5, 5.41) is 3.02. The fourth-order valence-corrected chi connectivity index (χ4v) is 4.23. The molecule has 0 unspecified atom stereocenters. The Labute approximate surface area is 158 Å². The zero-order chi connectivity index (χ0) is 18.9. The SMILES string of the molecule is Cc1ccc(C(=O)N2C[C@@H](C(=O)Nc3ccccc3)C3(CCOCC3)C2)o1. The number of para-hydroxylation sites is 1. The first-order valence-electron chi connectivity index (χ1n) is 9.37. The molecular formula is C21H24N2O4. The third-order valence-corrected chi connectivity index (χ3v) is 5.73. The molecule has 1 N–H and O–H groups in total. The normalized spacial score (nSPS) is 21.4. The van der Waals surface area contributed by atoms with Gasteiger partial charge in [-0.2, -0.15) is 0 Å². The van der Waals surface area contributed by atoms with Gasteiger partial charge in [-0.05, 0) is 44.0 Å². The van der Waals surface area contributed by atoms with Crippen molar-refractivity contribution in [2.45, 2.75) is 19.8 Å². The molecule has 2 aromatic rings. The minimum absolute atomic E-state index is 0.0333. The van der Waals surface area contributed by atoms with Gasteiger partial charge in [-0.3, -0.25) is 9.59 Å². The van der Waals surface area contributed by atoms with Crippen molar-refractivity contribution in [3.63, 3.8) is 0 Å². The number of aryl methyl sites for hydroxylation is 1. The van der Waals surface area contributed by atoms with Crippen LogP contribution < -0.4 is 5.32 Å². The van der Waals surface area contributed by atoms with E-state index >= 15 is 0 Å². The number of amides is 2. The fourth-order valence-electron chi connectivity index (χ4n) is 4.23. The van der Waals surface area contributed by atoms with E-state index in [2.05, 4.69) is 5.32 Å². The molecule has 4 rings (SSSR count). The van der Waals surface area contributed by atoms with Gasteiger partial charge in [0.05, 0.1) is 5.92 Å². The van der Waals surface area contributed by atoms with E-state index < -0.39 is 0 Å². The van der Waals surface area contributed by atoms with Crippen molar-refractivity contribution in [1.29, 1.82) is 0 Å². The van der Waals surface area contributed by atoms with Gasteiger partial charge in [-0.25, -0.2) is 0 Å². The van der Waals surface area contributed by atoms with Gasteiger partial charge in [-0.1, -0.05) is 18.2 Å². The second kappa shape index (κ2) is 7.19. The summed E-state index contributed by atoms with van der Waals surface area (Å²) in [4.78, 5) is 27.7. The zero-order valence-corrected chi connectivity index (χ0v) is 15.4. The maximum absolute atomic E-state index is 13.1. The molecule has 27 heavy (non-hydrogen) atoms. The van der Waals surface area contributed by atoms with Gasteiger partial charge in [0.15, 0.2) is 5.76 Å². The van der Waals surface area contributed by atoms with Gasteiger partial charge in [0.25, 0.3) is 5.91 Å². The minimum Gasteiger partial charge on any atom is -0.456 e. The van der Waals surface area contributed by atoms with E-state index in [-0.39, 0.29) is 23.1 Å². The number of ether oxygens (including phenoxy) is 1. The number of hydrogen-bond acceptors (Lipinski definition) is 4. The number of rotatable bonds is 3. The van der Waals surface area contributed by atoms with Gasteiger partial charge in [0.1, 0.15) is 5.76 Å². The number of furan rings is 1. The van der Waals surface area contributed by atoms with Crippen LogP contribution in [0.4, 0.5) is 5.69 Å². The number of nitrogens with zero attached hydrogens (tertiary/aromatic N) is 1. The van der Waals surface area contributed by atoms with Gasteiger partial charge >= 0.3 is 0 Å². The van der Waals surface area contributed by atoms with Crippen molar-refractivity contribution in [3.8, 4) is 0 Å². The number of carbonyl (C=O) groups excluding carboxylic acids is 2. The molecule has 2 aliphatic rings. The molecule has 0 aliphatic carbocycles. The molecule has 6 nitrogen and oxygen atoms in total. The molecule has 2 aliphatic heterocycles. The highest BCUT2D eigenvalue weighted by Gasteiger charge is 2.52. The maximum atomic E-state index is 13.1. The molecular weight excluding hydrogens is 344 g/mol. The van der Waals surface area contributed by atoms with Crippen LogP contribution in [0.5, 0.6) is 0 Å². The zero-order valence-electron chi connectivity index (χ0n) is 15.4. The summed E-state index contributed by atoms with van der Waals surface area (Å²) in [6.45, 7) is 4.02. The maximum Gasteiger partial charge on any atom is 0.289 e. The van der Waals surface area contributed by atoms with Gasteiger partial charge in [0.2, 0.25) is 5.91 Å². The molecule has 0 bridgehead atoms. The molecule has 6 heteroatoms. The highest BCUT2D eigenvalue weighted by molar-refractivity contribution is 5.96. The Hall–Kier alpha value is -2.60. The topological polar surface area (TPSA) is 71.8 Å². The van der Waals surface area contributed by atoms with Crippen LogP contribution in [-0.2, 0) is 9.53 Å². The monoisotopic (exact) mass is 368 g/mol. The molecule has 2 fully saturated rings. The number of likely N-dealkylation sites (tertiary alicyclic amines) is 1. The molecule has 142 valence electrons. The predicted octanol–water partition coefficient (Wildman–Crippen LogP) is 3.10. The molecule has 1 aromatic heterocycles. The van der Waals surface area contributed by atoms with Crippen LogP contribution in [-0.4, -0.2) is 43.0 Å². The molecule has 2 amide bonds. The van der Waals surface area contributed by atoms with Crippen LogP contribution in [0.2, 0.25) is 0 Å². The van der Waals surface area contributed by atoms with E-state index in [1.807, 2.05) is 37.3 Å². The van der Waals surface area contributed by atoms with Crippen LogP contribution in [0.25, 0.3) is 0 Å². The van der Waals surface area contributed by atoms with Crippen molar-refractivity contribution < 1.29 is 18.7 Å².